The largest absolute Gasteiger partial charge is 0.490 e. The average molecular weight is 372 g/mol. The van der Waals surface area contributed by atoms with E-state index in [4.69, 9.17) is 9.90 Å². The van der Waals surface area contributed by atoms with Crippen molar-refractivity contribution in [1.82, 2.24) is 10.2 Å². The predicted octanol–water partition coefficient (Wildman–Crippen LogP) is 2.38. The number of piperazine rings is 1. The first-order valence-electron chi connectivity index (χ1n) is 6.91. The van der Waals surface area contributed by atoms with Crippen LogP contribution in [0.2, 0.25) is 0 Å². The molecule has 1 aliphatic rings. The van der Waals surface area contributed by atoms with Crippen molar-refractivity contribution in [3.63, 3.8) is 0 Å². The number of hydrogen-bond acceptors (Lipinski definition) is 3. The highest BCUT2D eigenvalue weighted by atomic mass is 19.4. The number of benzene rings is 1. The number of carbonyl (C=O) groups is 2. The number of hydrogen-bond donors (Lipinski definition) is 2. The van der Waals surface area contributed by atoms with Crippen molar-refractivity contribution in [2.75, 3.05) is 26.2 Å². The summed E-state index contributed by atoms with van der Waals surface area (Å²) in [5.41, 5.74) is -1.14. The maximum atomic E-state index is 12.8. The van der Waals surface area contributed by atoms with Gasteiger partial charge in [-0.15, -0.1) is 0 Å². The van der Waals surface area contributed by atoms with Crippen LogP contribution in [0.1, 0.15) is 15.9 Å². The summed E-state index contributed by atoms with van der Waals surface area (Å²) in [6.07, 6.45) is -9.58. The molecule has 0 atom stereocenters. The monoisotopic (exact) mass is 372 g/mol. The molecule has 1 heterocycles. The number of nitrogens with one attached hydrogen (secondary N) is 1. The van der Waals surface area contributed by atoms with Gasteiger partial charge in [0.1, 0.15) is 0 Å². The Bertz CT molecular complexity index is 609. The van der Waals surface area contributed by atoms with Gasteiger partial charge in [-0.05, 0) is 12.1 Å². The van der Waals surface area contributed by atoms with Crippen molar-refractivity contribution in [1.29, 1.82) is 0 Å². The third-order valence-electron chi connectivity index (χ3n) is 3.11. The lowest BCUT2D eigenvalue weighted by atomic mass is 10.1. The molecule has 11 heteroatoms. The minimum absolute atomic E-state index is 0.271. The lowest BCUT2D eigenvalue weighted by Crippen LogP contribution is -2.46. The summed E-state index contributed by atoms with van der Waals surface area (Å²) in [4.78, 5) is 22.4. The Kier molecular flexibility index (Phi) is 6.79. The molecule has 1 aromatic rings. The second-order valence-electron chi connectivity index (χ2n) is 4.89. The van der Waals surface area contributed by atoms with Gasteiger partial charge in [0.25, 0.3) is 5.91 Å². The van der Waals surface area contributed by atoms with Gasteiger partial charge in [0, 0.05) is 26.2 Å². The Morgan fingerprint density at radius 2 is 1.48 bits per heavy atom. The molecule has 1 amide bonds. The van der Waals surface area contributed by atoms with Crippen LogP contribution in [0.3, 0.4) is 0 Å². The molecule has 25 heavy (non-hydrogen) atoms. The van der Waals surface area contributed by atoms with Crippen LogP contribution >= 0.6 is 0 Å². The molecule has 5 nitrogen and oxygen atoms in total. The maximum Gasteiger partial charge on any atom is 0.490 e. The Morgan fingerprint density at radius 3 is 1.92 bits per heavy atom. The van der Waals surface area contributed by atoms with Gasteiger partial charge in [-0.2, -0.15) is 26.3 Å². The lowest BCUT2D eigenvalue weighted by molar-refractivity contribution is -0.192. The van der Waals surface area contributed by atoms with E-state index in [-0.39, 0.29) is 5.56 Å². The van der Waals surface area contributed by atoms with Crippen molar-refractivity contribution in [2.45, 2.75) is 12.4 Å². The van der Waals surface area contributed by atoms with Crippen LogP contribution in [-0.2, 0) is 11.0 Å². The fourth-order valence-electron chi connectivity index (χ4n) is 1.96. The zero-order valence-electron chi connectivity index (χ0n) is 12.6. The number of carbonyl (C=O) groups excluding carboxylic acids is 1. The normalized spacial score (nSPS) is 15.2. The highest BCUT2D eigenvalue weighted by molar-refractivity contribution is 5.96. The van der Waals surface area contributed by atoms with Crippen LogP contribution in [-0.4, -0.2) is 54.2 Å². The van der Waals surface area contributed by atoms with Crippen molar-refractivity contribution in [2.24, 2.45) is 0 Å². The molecule has 0 spiro atoms. The fourth-order valence-corrected chi connectivity index (χ4v) is 1.96. The van der Waals surface area contributed by atoms with Gasteiger partial charge in [0.05, 0.1) is 11.1 Å². The molecular formula is C14H14F6N2O3. The van der Waals surface area contributed by atoms with Gasteiger partial charge in [0.2, 0.25) is 0 Å². The van der Waals surface area contributed by atoms with Gasteiger partial charge in [-0.3, -0.25) is 4.79 Å². The highest BCUT2D eigenvalue weighted by Crippen LogP contribution is 2.32. The minimum Gasteiger partial charge on any atom is -0.475 e. The summed E-state index contributed by atoms with van der Waals surface area (Å²) < 4.78 is 70.1. The lowest BCUT2D eigenvalue weighted by Gasteiger charge is -2.28. The van der Waals surface area contributed by atoms with Gasteiger partial charge in [-0.1, -0.05) is 12.1 Å². The summed E-state index contributed by atoms with van der Waals surface area (Å²) in [6, 6.07) is 4.91. The number of aliphatic carboxylic acids is 1. The minimum atomic E-state index is -5.08. The molecule has 2 N–H and O–H groups in total. The van der Waals surface area contributed by atoms with E-state index >= 15 is 0 Å². The third-order valence-corrected chi connectivity index (χ3v) is 3.11. The predicted molar refractivity (Wildman–Crippen MR) is 73.9 cm³/mol. The fraction of sp³-hybridized carbons (Fsp3) is 0.429. The van der Waals surface area contributed by atoms with Crippen molar-refractivity contribution in [3.8, 4) is 0 Å². The van der Waals surface area contributed by atoms with E-state index in [1.54, 1.807) is 0 Å². The van der Waals surface area contributed by atoms with Crippen molar-refractivity contribution < 1.29 is 41.0 Å². The van der Waals surface area contributed by atoms with Gasteiger partial charge < -0.3 is 15.3 Å². The van der Waals surface area contributed by atoms with Crippen LogP contribution in [0, 0.1) is 0 Å². The van der Waals surface area contributed by atoms with Crippen molar-refractivity contribution in [3.05, 3.63) is 35.4 Å². The van der Waals surface area contributed by atoms with E-state index in [1.165, 1.54) is 23.1 Å². The van der Waals surface area contributed by atoms with Gasteiger partial charge in [-0.25, -0.2) is 4.79 Å². The van der Waals surface area contributed by atoms with E-state index in [0.29, 0.717) is 26.2 Å². The molecule has 1 fully saturated rings. The summed E-state index contributed by atoms with van der Waals surface area (Å²) in [6.45, 7) is 2.09. The Hall–Kier alpha value is -2.30. The smallest absolute Gasteiger partial charge is 0.475 e. The molecule has 2 rings (SSSR count). The van der Waals surface area contributed by atoms with Crippen molar-refractivity contribution >= 4 is 11.9 Å². The number of alkyl halides is 6. The maximum absolute atomic E-state index is 12.8. The number of carboxylic acid groups (broad SMARTS) is 1. The Balaban J connectivity index is 0.000000381. The molecule has 1 saturated heterocycles. The molecule has 0 bridgehead atoms. The summed E-state index contributed by atoms with van der Waals surface area (Å²) in [5.74, 6) is -3.31. The molecule has 0 saturated carbocycles. The molecule has 0 aromatic heterocycles. The topological polar surface area (TPSA) is 69.6 Å². The molecule has 0 unspecified atom stereocenters. The van der Waals surface area contributed by atoms with E-state index in [1.807, 2.05) is 0 Å². The summed E-state index contributed by atoms with van der Waals surface area (Å²) in [7, 11) is 0. The molecule has 0 aliphatic carbocycles. The summed E-state index contributed by atoms with van der Waals surface area (Å²) in [5, 5.41) is 10.2. The Morgan fingerprint density at radius 1 is 1.00 bits per heavy atom. The molecule has 1 aromatic carbocycles. The first kappa shape index (κ1) is 20.7. The zero-order valence-corrected chi connectivity index (χ0v) is 12.6. The summed E-state index contributed by atoms with van der Waals surface area (Å²) >= 11 is 0. The first-order valence-corrected chi connectivity index (χ1v) is 6.91. The molecule has 0 radical (unpaired) electrons. The number of rotatable bonds is 1. The molecule has 140 valence electrons. The SMILES string of the molecule is O=C(O)C(F)(F)F.O=C(c1ccccc1C(F)(F)F)N1CCNCC1. The van der Waals surface area contributed by atoms with Crippen LogP contribution < -0.4 is 5.32 Å². The average Bonchev–Trinajstić information content (AvgIpc) is 2.54. The van der Waals surface area contributed by atoms with Crippen LogP contribution in [0.25, 0.3) is 0 Å². The number of halogens is 6. The molecular weight excluding hydrogens is 358 g/mol. The van der Waals surface area contributed by atoms with Gasteiger partial charge >= 0.3 is 18.3 Å². The Labute approximate surface area is 138 Å². The second-order valence-corrected chi connectivity index (χ2v) is 4.89. The third kappa shape index (κ3) is 6.25. The van der Waals surface area contributed by atoms with E-state index < -0.39 is 29.8 Å². The quantitative estimate of drug-likeness (QED) is 0.743. The van der Waals surface area contributed by atoms with E-state index in [0.717, 1.165) is 6.07 Å². The van der Waals surface area contributed by atoms with Gasteiger partial charge in [0.15, 0.2) is 0 Å². The number of nitrogens with zero attached hydrogens (tertiary/aromatic N) is 1. The number of carboxylic acids is 1. The zero-order chi connectivity index (χ0) is 19.3. The van der Waals surface area contributed by atoms with E-state index in [2.05, 4.69) is 5.32 Å². The van der Waals surface area contributed by atoms with Crippen LogP contribution in [0.15, 0.2) is 24.3 Å². The van der Waals surface area contributed by atoms with Crippen LogP contribution in [0.5, 0.6) is 0 Å². The number of amides is 1. The van der Waals surface area contributed by atoms with E-state index in [9.17, 15) is 31.1 Å². The molecule has 1 aliphatic heterocycles. The first-order chi connectivity index (χ1) is 11.4. The highest BCUT2D eigenvalue weighted by Gasteiger charge is 2.38. The van der Waals surface area contributed by atoms with Crippen LogP contribution in [0.4, 0.5) is 26.3 Å². The standard InChI is InChI=1S/C12H13F3N2O.C2HF3O2/c13-12(14,15)10-4-2-1-3-9(10)11(18)17-7-5-16-6-8-17;3-2(4,5)1(6)7/h1-4,16H,5-8H2;(H,6,7). The second kappa shape index (κ2) is 8.19.